The summed E-state index contributed by atoms with van der Waals surface area (Å²) in [6.07, 6.45) is 5.08. The molecule has 2 rings (SSSR count). The Labute approximate surface area is 154 Å². The highest BCUT2D eigenvalue weighted by atomic mass is 32.2. The molecule has 1 aliphatic carbocycles. The summed E-state index contributed by atoms with van der Waals surface area (Å²) in [5, 5.41) is 8.23. The Morgan fingerprint density at radius 2 is 1.69 bits per heavy atom. The fraction of sp³-hybridized carbons (Fsp3) is 0.529. The van der Waals surface area contributed by atoms with E-state index in [1.54, 1.807) is 18.2 Å². The minimum Gasteiger partial charge on any atom is -0.337 e. The lowest BCUT2D eigenvalue weighted by atomic mass is 10.1. The molecule has 0 bridgehead atoms. The van der Waals surface area contributed by atoms with Gasteiger partial charge < -0.3 is 16.0 Å². The quantitative estimate of drug-likeness (QED) is 0.538. The number of nitrogens with one attached hydrogen (secondary N) is 4. The molecule has 1 aromatic rings. The van der Waals surface area contributed by atoms with E-state index in [2.05, 4.69) is 20.7 Å². The van der Waals surface area contributed by atoms with E-state index in [-0.39, 0.29) is 24.9 Å². The van der Waals surface area contributed by atoms with Gasteiger partial charge in [-0.25, -0.2) is 17.9 Å². The second kappa shape index (κ2) is 9.00. The first kappa shape index (κ1) is 20.2. The van der Waals surface area contributed by atoms with E-state index in [0.717, 1.165) is 37.5 Å². The summed E-state index contributed by atoms with van der Waals surface area (Å²) in [6.45, 7) is 2.10. The highest BCUT2D eigenvalue weighted by molar-refractivity contribution is 7.88. The molecule has 0 radical (unpaired) electrons. The van der Waals surface area contributed by atoms with Crippen molar-refractivity contribution in [2.75, 3.05) is 30.0 Å². The Hall–Kier alpha value is -2.13. The van der Waals surface area contributed by atoms with Crippen LogP contribution in [0, 0.1) is 12.8 Å². The fourth-order valence-corrected chi connectivity index (χ4v) is 3.38. The van der Waals surface area contributed by atoms with Crippen LogP contribution >= 0.6 is 0 Å². The normalized spacial score (nSPS) is 14.8. The highest BCUT2D eigenvalue weighted by Gasteiger charge is 2.23. The van der Waals surface area contributed by atoms with Crippen molar-refractivity contribution in [3.05, 3.63) is 23.8 Å². The van der Waals surface area contributed by atoms with Crippen LogP contribution in [0.2, 0.25) is 0 Å². The summed E-state index contributed by atoms with van der Waals surface area (Å²) in [7, 11) is -3.27. The molecule has 4 N–H and O–H groups in total. The number of sulfonamides is 1. The molecule has 144 valence electrons. The van der Waals surface area contributed by atoms with Crippen LogP contribution in [0.15, 0.2) is 18.2 Å². The molecule has 1 fully saturated rings. The lowest BCUT2D eigenvalue weighted by Gasteiger charge is -2.16. The Morgan fingerprint density at radius 1 is 1.08 bits per heavy atom. The van der Waals surface area contributed by atoms with E-state index in [1.165, 1.54) is 0 Å². The maximum absolute atomic E-state index is 12.3. The van der Waals surface area contributed by atoms with E-state index in [4.69, 9.17) is 0 Å². The second-order valence-electron chi connectivity index (χ2n) is 6.50. The maximum Gasteiger partial charge on any atom is 0.319 e. The molecule has 9 heteroatoms. The van der Waals surface area contributed by atoms with Crippen LogP contribution in [0.4, 0.5) is 16.2 Å². The minimum atomic E-state index is -3.27. The van der Waals surface area contributed by atoms with Crippen molar-refractivity contribution in [1.82, 2.24) is 10.0 Å². The zero-order valence-corrected chi connectivity index (χ0v) is 15.9. The van der Waals surface area contributed by atoms with Gasteiger partial charge in [-0.1, -0.05) is 18.9 Å². The Balaban J connectivity index is 1.89. The number of urea groups is 1. The van der Waals surface area contributed by atoms with Gasteiger partial charge in [0.05, 0.1) is 6.26 Å². The van der Waals surface area contributed by atoms with Gasteiger partial charge in [-0.3, -0.25) is 4.79 Å². The number of hydrogen-bond acceptors (Lipinski definition) is 4. The number of hydrogen-bond donors (Lipinski definition) is 4. The lowest BCUT2D eigenvalue weighted by molar-refractivity contribution is -0.119. The van der Waals surface area contributed by atoms with Gasteiger partial charge >= 0.3 is 6.03 Å². The molecule has 0 aliphatic heterocycles. The van der Waals surface area contributed by atoms with Crippen LogP contribution in [0.25, 0.3) is 0 Å². The largest absolute Gasteiger partial charge is 0.337 e. The zero-order valence-electron chi connectivity index (χ0n) is 15.1. The number of carbonyl (C=O) groups excluding carboxylic acids is 2. The first-order chi connectivity index (χ1) is 12.3. The van der Waals surface area contributed by atoms with Gasteiger partial charge in [-0.2, -0.15) is 0 Å². The molecule has 1 aromatic carbocycles. The number of rotatable bonds is 7. The van der Waals surface area contributed by atoms with Crippen LogP contribution < -0.4 is 20.7 Å². The molecule has 26 heavy (non-hydrogen) atoms. The van der Waals surface area contributed by atoms with Crippen molar-refractivity contribution >= 4 is 33.3 Å². The predicted molar refractivity (Wildman–Crippen MR) is 102 cm³/mol. The summed E-state index contributed by atoms with van der Waals surface area (Å²) in [6, 6.07) is 4.87. The van der Waals surface area contributed by atoms with Crippen molar-refractivity contribution in [3.8, 4) is 0 Å². The molecule has 3 amide bonds. The standard InChI is InChI=1S/C17H26N4O4S/c1-12-14(20-16(22)13-6-3-4-7-13)8-5-9-15(12)21-17(23)18-10-11-19-26(2,24)25/h5,8-9,13,19H,3-4,6-7,10-11H2,1-2H3,(H,20,22)(H2,18,21,23). The van der Waals surface area contributed by atoms with Gasteiger partial charge in [0.2, 0.25) is 15.9 Å². The molecule has 0 spiro atoms. The SMILES string of the molecule is Cc1c(NC(=O)NCCNS(C)(=O)=O)cccc1NC(=O)C1CCCC1. The number of carbonyl (C=O) groups is 2. The van der Waals surface area contributed by atoms with E-state index in [9.17, 15) is 18.0 Å². The summed E-state index contributed by atoms with van der Waals surface area (Å²) >= 11 is 0. The van der Waals surface area contributed by atoms with Crippen LogP contribution in [-0.2, 0) is 14.8 Å². The zero-order chi connectivity index (χ0) is 19.2. The Kier molecular flexibility index (Phi) is 6.98. The van der Waals surface area contributed by atoms with Crippen LogP contribution in [-0.4, -0.2) is 39.7 Å². The maximum atomic E-state index is 12.3. The third-order valence-corrected chi connectivity index (χ3v) is 5.07. The number of anilines is 2. The highest BCUT2D eigenvalue weighted by Crippen LogP contribution is 2.28. The Morgan fingerprint density at radius 3 is 2.31 bits per heavy atom. The van der Waals surface area contributed by atoms with Gasteiger partial charge in [-0.15, -0.1) is 0 Å². The molecule has 0 aromatic heterocycles. The molecular weight excluding hydrogens is 356 g/mol. The third kappa shape index (κ3) is 6.30. The van der Waals surface area contributed by atoms with E-state index >= 15 is 0 Å². The van der Waals surface area contributed by atoms with E-state index < -0.39 is 16.1 Å². The summed E-state index contributed by atoms with van der Waals surface area (Å²) in [5.41, 5.74) is 2.03. The Bertz CT molecular complexity index is 758. The monoisotopic (exact) mass is 382 g/mol. The van der Waals surface area contributed by atoms with Crippen molar-refractivity contribution < 1.29 is 18.0 Å². The summed E-state index contributed by atoms with van der Waals surface area (Å²) in [4.78, 5) is 24.2. The van der Waals surface area contributed by atoms with Crippen molar-refractivity contribution in [1.29, 1.82) is 0 Å². The second-order valence-corrected chi connectivity index (χ2v) is 8.33. The van der Waals surface area contributed by atoms with Gasteiger partial charge in [0.1, 0.15) is 0 Å². The number of benzene rings is 1. The fourth-order valence-electron chi connectivity index (χ4n) is 2.91. The molecular formula is C17H26N4O4S. The third-order valence-electron chi connectivity index (χ3n) is 4.34. The summed E-state index contributed by atoms with van der Waals surface area (Å²) in [5.74, 6) is 0.0932. The lowest BCUT2D eigenvalue weighted by Crippen LogP contribution is -2.36. The van der Waals surface area contributed by atoms with E-state index in [0.29, 0.717) is 11.4 Å². The van der Waals surface area contributed by atoms with Gasteiger partial charge in [-0.05, 0) is 37.5 Å². The van der Waals surface area contributed by atoms with Crippen LogP contribution in [0.5, 0.6) is 0 Å². The van der Waals surface area contributed by atoms with E-state index in [1.807, 2.05) is 6.92 Å². The van der Waals surface area contributed by atoms with Gasteiger partial charge in [0, 0.05) is 30.4 Å². The molecule has 0 unspecified atom stereocenters. The van der Waals surface area contributed by atoms with Gasteiger partial charge in [0.25, 0.3) is 0 Å². The van der Waals surface area contributed by atoms with Gasteiger partial charge in [0.15, 0.2) is 0 Å². The average Bonchev–Trinajstić information content (AvgIpc) is 3.09. The van der Waals surface area contributed by atoms with Crippen LogP contribution in [0.3, 0.4) is 0 Å². The predicted octanol–water partition coefficient (Wildman–Crippen LogP) is 1.79. The molecule has 1 aliphatic rings. The first-order valence-corrected chi connectivity index (χ1v) is 10.6. The molecule has 0 atom stereocenters. The molecule has 8 nitrogen and oxygen atoms in total. The van der Waals surface area contributed by atoms with Crippen molar-refractivity contribution in [2.24, 2.45) is 5.92 Å². The van der Waals surface area contributed by atoms with Crippen molar-refractivity contribution in [2.45, 2.75) is 32.6 Å². The van der Waals surface area contributed by atoms with Crippen LogP contribution in [0.1, 0.15) is 31.2 Å². The van der Waals surface area contributed by atoms with Crippen molar-refractivity contribution in [3.63, 3.8) is 0 Å². The number of amides is 3. The molecule has 0 saturated heterocycles. The first-order valence-electron chi connectivity index (χ1n) is 8.66. The summed E-state index contributed by atoms with van der Waals surface area (Å²) < 4.78 is 24.2. The molecule has 1 saturated carbocycles. The average molecular weight is 382 g/mol. The smallest absolute Gasteiger partial charge is 0.319 e. The minimum absolute atomic E-state index is 0.0269. The topological polar surface area (TPSA) is 116 Å². The molecule has 0 heterocycles.